The van der Waals surface area contributed by atoms with Gasteiger partial charge in [0.25, 0.3) is 0 Å². The van der Waals surface area contributed by atoms with Crippen LogP contribution in [0.1, 0.15) is 0 Å². The number of rotatable bonds is 1. The van der Waals surface area contributed by atoms with Crippen LogP contribution in [-0.2, 0) is 10.2 Å². The average molecular weight is 248 g/mol. The first kappa shape index (κ1) is 10.7. The molecule has 1 fully saturated rings. The first-order valence-electron chi connectivity index (χ1n) is 4.38. The Hall–Kier alpha value is -0.850. The maximum absolute atomic E-state index is 11.8. The topological polar surface area (TPSA) is 53.5 Å². The number of hydrogen-bond acceptors (Lipinski definition) is 3. The summed E-state index contributed by atoms with van der Waals surface area (Å²) in [5.74, 6) is 0.367. The van der Waals surface area contributed by atoms with Gasteiger partial charge in [0.1, 0.15) is 11.0 Å². The van der Waals surface area contributed by atoms with Crippen molar-refractivity contribution in [2.75, 3.05) is 24.4 Å². The van der Waals surface area contributed by atoms with Crippen LogP contribution >= 0.6 is 11.6 Å². The molecule has 0 radical (unpaired) electrons. The fourth-order valence-corrected chi connectivity index (χ4v) is 2.86. The maximum atomic E-state index is 11.8. The lowest BCUT2D eigenvalue weighted by Crippen LogP contribution is -2.31. The minimum atomic E-state index is -3.39. The summed E-state index contributed by atoms with van der Waals surface area (Å²) in [7, 11) is -1.85. The summed E-state index contributed by atoms with van der Waals surface area (Å²) in [4.78, 5) is 3.97. The second-order valence-electron chi connectivity index (χ2n) is 3.22. The molecule has 0 aromatic carbocycles. The molecule has 0 unspecified atom stereocenters. The summed E-state index contributed by atoms with van der Waals surface area (Å²) in [6.07, 6.45) is 0. The second-order valence-corrected chi connectivity index (χ2v) is 5.57. The zero-order chi connectivity index (χ0) is 11.1. The molecule has 15 heavy (non-hydrogen) atoms. The van der Waals surface area contributed by atoms with Crippen molar-refractivity contribution in [3.63, 3.8) is 0 Å². The van der Waals surface area contributed by atoms with E-state index >= 15 is 0 Å². The fraction of sp³-hybridized carbons (Fsp3) is 0.375. The maximum Gasteiger partial charge on any atom is 0.305 e. The van der Waals surface area contributed by atoms with E-state index in [1.807, 2.05) is 0 Å². The number of halogens is 1. The van der Waals surface area contributed by atoms with Crippen LogP contribution in [0.25, 0.3) is 0 Å². The first-order chi connectivity index (χ1) is 7.01. The second kappa shape index (κ2) is 3.62. The third-order valence-electron chi connectivity index (χ3n) is 2.25. The van der Waals surface area contributed by atoms with Crippen molar-refractivity contribution in [3.05, 3.63) is 23.4 Å². The molecule has 82 valence electrons. The molecular weight excluding hydrogens is 238 g/mol. The monoisotopic (exact) mass is 247 g/mol. The predicted molar refractivity (Wildman–Crippen MR) is 58.1 cm³/mol. The van der Waals surface area contributed by atoms with Gasteiger partial charge in [-0.1, -0.05) is 17.7 Å². The van der Waals surface area contributed by atoms with Gasteiger partial charge in [-0.3, -0.25) is 0 Å². The highest BCUT2D eigenvalue weighted by atomic mass is 35.5. The van der Waals surface area contributed by atoms with E-state index in [-0.39, 0.29) is 5.15 Å². The van der Waals surface area contributed by atoms with E-state index < -0.39 is 10.2 Å². The molecule has 0 amide bonds. The van der Waals surface area contributed by atoms with Crippen molar-refractivity contribution in [2.45, 2.75) is 0 Å². The van der Waals surface area contributed by atoms with Crippen LogP contribution in [0.5, 0.6) is 0 Å². The summed E-state index contributed by atoms with van der Waals surface area (Å²) in [5, 5.41) is 0.289. The first-order valence-corrected chi connectivity index (χ1v) is 6.16. The van der Waals surface area contributed by atoms with E-state index in [4.69, 9.17) is 11.6 Å². The van der Waals surface area contributed by atoms with E-state index in [1.165, 1.54) is 8.61 Å². The van der Waals surface area contributed by atoms with Gasteiger partial charge >= 0.3 is 10.2 Å². The Morgan fingerprint density at radius 2 is 2.13 bits per heavy atom. The molecule has 2 heterocycles. The number of pyridine rings is 1. The number of anilines is 1. The molecule has 1 aromatic rings. The van der Waals surface area contributed by atoms with Crippen molar-refractivity contribution in [1.29, 1.82) is 0 Å². The molecule has 1 saturated heterocycles. The number of aromatic nitrogens is 1. The molecule has 0 N–H and O–H groups in total. The van der Waals surface area contributed by atoms with E-state index in [0.717, 1.165) is 0 Å². The van der Waals surface area contributed by atoms with E-state index in [0.29, 0.717) is 18.9 Å². The quantitative estimate of drug-likeness (QED) is 0.688. The molecule has 2 rings (SSSR count). The van der Waals surface area contributed by atoms with Crippen LogP contribution in [-0.4, -0.2) is 37.8 Å². The van der Waals surface area contributed by atoms with Crippen LogP contribution in [0.4, 0.5) is 5.82 Å². The summed E-state index contributed by atoms with van der Waals surface area (Å²) >= 11 is 5.71. The van der Waals surface area contributed by atoms with Crippen molar-refractivity contribution in [1.82, 2.24) is 9.29 Å². The highest BCUT2D eigenvalue weighted by Crippen LogP contribution is 2.22. The SMILES string of the molecule is CN1CCN(c2cccc(Cl)n2)S1(=O)=O. The molecule has 0 spiro atoms. The van der Waals surface area contributed by atoms with Crippen LogP contribution in [0.15, 0.2) is 18.2 Å². The number of likely N-dealkylation sites (N-methyl/N-ethyl adjacent to an activating group) is 1. The van der Waals surface area contributed by atoms with Crippen molar-refractivity contribution >= 4 is 27.6 Å². The van der Waals surface area contributed by atoms with E-state index in [2.05, 4.69) is 4.98 Å². The summed E-state index contributed by atoms with van der Waals surface area (Å²) in [6.45, 7) is 0.878. The molecule has 0 atom stereocenters. The Labute approximate surface area is 93.5 Å². The molecule has 1 aromatic heterocycles. The molecule has 0 aliphatic carbocycles. The Bertz CT molecular complexity index is 477. The zero-order valence-corrected chi connectivity index (χ0v) is 9.66. The average Bonchev–Trinajstić information content (AvgIpc) is 2.42. The third-order valence-corrected chi connectivity index (χ3v) is 4.35. The third kappa shape index (κ3) is 1.80. The predicted octanol–water partition coefficient (Wildman–Crippen LogP) is 0.732. The molecule has 0 saturated carbocycles. The Morgan fingerprint density at radius 3 is 2.67 bits per heavy atom. The fourth-order valence-electron chi connectivity index (χ4n) is 1.40. The molecular formula is C8H10ClN3O2S. The van der Waals surface area contributed by atoms with Gasteiger partial charge in [-0.25, -0.2) is 9.29 Å². The molecule has 5 nitrogen and oxygen atoms in total. The van der Waals surface area contributed by atoms with E-state index in [1.54, 1.807) is 25.2 Å². The van der Waals surface area contributed by atoms with Crippen molar-refractivity contribution in [3.8, 4) is 0 Å². The number of hydrogen-bond donors (Lipinski definition) is 0. The molecule has 1 aliphatic rings. The lowest BCUT2D eigenvalue weighted by atomic mass is 10.4. The highest BCUT2D eigenvalue weighted by molar-refractivity contribution is 7.90. The molecule has 1 aliphatic heterocycles. The van der Waals surface area contributed by atoms with Gasteiger partial charge in [0, 0.05) is 13.6 Å². The van der Waals surface area contributed by atoms with Gasteiger partial charge in [0.05, 0.1) is 6.54 Å². The Kier molecular flexibility index (Phi) is 2.57. The van der Waals surface area contributed by atoms with Crippen LogP contribution in [0.2, 0.25) is 5.15 Å². The van der Waals surface area contributed by atoms with Crippen LogP contribution in [0, 0.1) is 0 Å². The van der Waals surface area contributed by atoms with E-state index in [9.17, 15) is 8.42 Å². The van der Waals surface area contributed by atoms with Gasteiger partial charge in [0.2, 0.25) is 0 Å². The zero-order valence-electron chi connectivity index (χ0n) is 8.09. The van der Waals surface area contributed by atoms with Gasteiger partial charge in [0.15, 0.2) is 0 Å². The largest absolute Gasteiger partial charge is 0.305 e. The lowest BCUT2D eigenvalue weighted by Gasteiger charge is -2.16. The van der Waals surface area contributed by atoms with Gasteiger partial charge in [-0.2, -0.15) is 12.7 Å². The van der Waals surface area contributed by atoms with Crippen LogP contribution in [0.3, 0.4) is 0 Å². The minimum Gasteiger partial charge on any atom is -0.240 e. The van der Waals surface area contributed by atoms with Crippen molar-refractivity contribution in [2.24, 2.45) is 0 Å². The van der Waals surface area contributed by atoms with Gasteiger partial charge in [-0.05, 0) is 12.1 Å². The summed E-state index contributed by atoms with van der Waals surface area (Å²) in [5.41, 5.74) is 0. The van der Waals surface area contributed by atoms with Gasteiger partial charge in [-0.15, -0.1) is 0 Å². The van der Waals surface area contributed by atoms with Gasteiger partial charge < -0.3 is 0 Å². The van der Waals surface area contributed by atoms with Crippen molar-refractivity contribution < 1.29 is 8.42 Å². The summed E-state index contributed by atoms with van der Waals surface area (Å²) < 4.78 is 26.1. The molecule has 7 heteroatoms. The minimum absolute atomic E-state index is 0.289. The Balaban J connectivity index is 2.41. The Morgan fingerprint density at radius 1 is 1.40 bits per heavy atom. The number of nitrogens with zero attached hydrogens (tertiary/aromatic N) is 3. The summed E-state index contributed by atoms with van der Waals surface area (Å²) in [6, 6.07) is 4.92. The normalized spacial score (nSPS) is 20.8. The smallest absolute Gasteiger partial charge is 0.240 e. The molecule has 0 bridgehead atoms. The lowest BCUT2D eigenvalue weighted by molar-refractivity contribution is 0.511. The van der Waals surface area contributed by atoms with Crippen LogP contribution < -0.4 is 4.31 Å². The highest BCUT2D eigenvalue weighted by Gasteiger charge is 2.34. The standard InChI is InChI=1S/C8H10ClN3O2S/c1-11-5-6-12(15(11,13)14)8-4-2-3-7(9)10-8/h2-4H,5-6H2,1H3.